The molecule has 4 aromatic rings. The van der Waals surface area contributed by atoms with Gasteiger partial charge in [0, 0.05) is 13.0 Å². The molecule has 1 aromatic heterocycles. The predicted octanol–water partition coefficient (Wildman–Crippen LogP) is 4.62. The monoisotopic (exact) mass is 405 g/mol. The number of imidazole rings is 1. The third-order valence-corrected chi connectivity index (χ3v) is 4.82. The summed E-state index contributed by atoms with van der Waals surface area (Å²) in [6.45, 7) is 0.382. The molecular weight excluding hydrogens is 386 g/mol. The van der Waals surface area contributed by atoms with Crippen molar-refractivity contribution < 1.29 is 9.53 Å². The van der Waals surface area contributed by atoms with Gasteiger partial charge in [0.2, 0.25) is 0 Å². The predicted molar refractivity (Wildman–Crippen MR) is 115 cm³/mol. The van der Waals surface area contributed by atoms with Gasteiger partial charge in [-0.2, -0.15) is 0 Å². The first-order chi connectivity index (χ1) is 14.2. The van der Waals surface area contributed by atoms with Crippen molar-refractivity contribution in [3.05, 3.63) is 83.6 Å². The number of fused-ring (bicyclic) bond motifs is 1. The van der Waals surface area contributed by atoms with Gasteiger partial charge in [0.15, 0.2) is 6.61 Å². The third kappa shape index (κ3) is 4.76. The standard InChI is InChI=1S/C23H20ClN3O2/c24-18-14-17(16-6-2-1-3-7-16)10-11-21(18)29-15-23(28)25-13-12-22-26-19-8-4-5-9-20(19)27-22/h1-11,14H,12-13,15H2,(H,25,28)(H,26,27). The van der Waals surface area contributed by atoms with Crippen LogP contribution in [0.15, 0.2) is 72.8 Å². The molecule has 2 N–H and O–H groups in total. The number of halogens is 1. The summed E-state index contributed by atoms with van der Waals surface area (Å²) in [6.07, 6.45) is 0.618. The van der Waals surface area contributed by atoms with Crippen LogP contribution in [-0.2, 0) is 11.2 Å². The lowest BCUT2D eigenvalue weighted by molar-refractivity contribution is -0.123. The van der Waals surface area contributed by atoms with Gasteiger partial charge < -0.3 is 15.0 Å². The second-order valence-corrected chi connectivity index (χ2v) is 7.01. The Hall–Kier alpha value is -3.31. The average Bonchev–Trinajstić information content (AvgIpc) is 3.16. The Balaban J connectivity index is 1.27. The molecule has 0 atom stereocenters. The van der Waals surface area contributed by atoms with Crippen molar-refractivity contribution in [3.8, 4) is 16.9 Å². The highest BCUT2D eigenvalue weighted by atomic mass is 35.5. The van der Waals surface area contributed by atoms with E-state index >= 15 is 0 Å². The van der Waals surface area contributed by atoms with E-state index in [4.69, 9.17) is 16.3 Å². The molecule has 6 heteroatoms. The molecule has 4 rings (SSSR count). The number of aromatic amines is 1. The molecule has 5 nitrogen and oxygen atoms in total. The number of H-pyrrole nitrogens is 1. The fourth-order valence-corrected chi connectivity index (χ4v) is 3.30. The Bertz CT molecular complexity index is 1090. The quantitative estimate of drug-likeness (QED) is 0.471. The average molecular weight is 406 g/mol. The number of ether oxygens (including phenoxy) is 1. The SMILES string of the molecule is O=C(COc1ccc(-c2ccccc2)cc1Cl)NCCc1nc2ccccc2[nH]1. The van der Waals surface area contributed by atoms with E-state index in [9.17, 15) is 4.79 Å². The third-order valence-electron chi connectivity index (χ3n) is 4.52. The second kappa shape index (κ2) is 8.80. The highest BCUT2D eigenvalue weighted by Gasteiger charge is 2.08. The topological polar surface area (TPSA) is 67.0 Å². The van der Waals surface area contributed by atoms with Crippen LogP contribution in [0.2, 0.25) is 5.02 Å². The summed E-state index contributed by atoms with van der Waals surface area (Å²) in [7, 11) is 0. The van der Waals surface area contributed by atoms with Gasteiger partial charge in [0.05, 0.1) is 16.1 Å². The molecule has 0 unspecified atom stereocenters. The van der Waals surface area contributed by atoms with E-state index in [1.54, 1.807) is 6.07 Å². The van der Waals surface area contributed by atoms with Crippen LogP contribution in [0, 0.1) is 0 Å². The molecular formula is C23H20ClN3O2. The van der Waals surface area contributed by atoms with Crippen LogP contribution in [0.1, 0.15) is 5.82 Å². The van der Waals surface area contributed by atoms with E-state index in [1.165, 1.54) is 0 Å². The molecule has 29 heavy (non-hydrogen) atoms. The number of carbonyl (C=O) groups is 1. The highest BCUT2D eigenvalue weighted by Crippen LogP contribution is 2.30. The van der Waals surface area contributed by atoms with Crippen molar-refractivity contribution >= 4 is 28.5 Å². The van der Waals surface area contributed by atoms with Gasteiger partial charge in [-0.15, -0.1) is 0 Å². The summed E-state index contributed by atoms with van der Waals surface area (Å²) in [6, 6.07) is 23.3. The fourth-order valence-electron chi connectivity index (χ4n) is 3.07. The summed E-state index contributed by atoms with van der Waals surface area (Å²) in [5.41, 5.74) is 3.99. The van der Waals surface area contributed by atoms with Crippen LogP contribution in [0.3, 0.4) is 0 Å². The van der Waals surface area contributed by atoms with Crippen LogP contribution >= 0.6 is 11.6 Å². The van der Waals surface area contributed by atoms with Gasteiger partial charge in [0.1, 0.15) is 11.6 Å². The first-order valence-electron chi connectivity index (χ1n) is 9.37. The smallest absolute Gasteiger partial charge is 0.257 e. The number of benzene rings is 3. The maximum absolute atomic E-state index is 12.1. The van der Waals surface area contributed by atoms with E-state index in [0.717, 1.165) is 28.0 Å². The van der Waals surface area contributed by atoms with Gasteiger partial charge in [-0.3, -0.25) is 4.79 Å². The van der Waals surface area contributed by atoms with Gasteiger partial charge in [-0.05, 0) is 35.4 Å². The molecule has 0 bridgehead atoms. The molecule has 0 aliphatic carbocycles. The highest BCUT2D eigenvalue weighted by molar-refractivity contribution is 6.32. The Kier molecular flexibility index (Phi) is 5.77. The normalized spacial score (nSPS) is 10.8. The van der Waals surface area contributed by atoms with E-state index in [1.807, 2.05) is 66.7 Å². The number of hydrogen-bond donors (Lipinski definition) is 2. The fraction of sp³-hybridized carbons (Fsp3) is 0.130. The molecule has 146 valence electrons. The van der Waals surface area contributed by atoms with Crippen molar-refractivity contribution in [3.63, 3.8) is 0 Å². The second-order valence-electron chi connectivity index (χ2n) is 6.60. The van der Waals surface area contributed by atoms with Crippen molar-refractivity contribution in [2.24, 2.45) is 0 Å². The molecule has 1 amide bonds. The van der Waals surface area contributed by atoms with Gasteiger partial charge >= 0.3 is 0 Å². The van der Waals surface area contributed by atoms with Gasteiger partial charge in [-0.25, -0.2) is 4.98 Å². The number of carbonyl (C=O) groups excluding carboxylic acids is 1. The van der Waals surface area contributed by atoms with E-state index < -0.39 is 0 Å². The number of para-hydroxylation sites is 2. The Morgan fingerprint density at radius 3 is 2.59 bits per heavy atom. The summed E-state index contributed by atoms with van der Waals surface area (Å²) >= 11 is 6.32. The lowest BCUT2D eigenvalue weighted by Gasteiger charge is -2.10. The van der Waals surface area contributed by atoms with Gasteiger partial charge in [0.25, 0.3) is 5.91 Å². The minimum Gasteiger partial charge on any atom is -0.482 e. The van der Waals surface area contributed by atoms with E-state index in [-0.39, 0.29) is 12.5 Å². The molecule has 0 fully saturated rings. The van der Waals surface area contributed by atoms with Crippen LogP contribution < -0.4 is 10.1 Å². The number of rotatable bonds is 7. The zero-order valence-electron chi connectivity index (χ0n) is 15.7. The Labute approximate surface area is 173 Å². The molecule has 0 aliphatic rings. The van der Waals surface area contributed by atoms with Gasteiger partial charge in [-0.1, -0.05) is 60.1 Å². The van der Waals surface area contributed by atoms with Crippen molar-refractivity contribution in [1.29, 1.82) is 0 Å². The van der Waals surface area contributed by atoms with Crippen molar-refractivity contribution in [2.45, 2.75) is 6.42 Å². The van der Waals surface area contributed by atoms with Crippen molar-refractivity contribution in [1.82, 2.24) is 15.3 Å². The zero-order valence-corrected chi connectivity index (χ0v) is 16.4. The van der Waals surface area contributed by atoms with Crippen LogP contribution in [0.25, 0.3) is 22.2 Å². The minimum atomic E-state index is -0.204. The number of amides is 1. The van der Waals surface area contributed by atoms with E-state index in [0.29, 0.717) is 23.7 Å². The lowest BCUT2D eigenvalue weighted by Crippen LogP contribution is -2.30. The summed E-state index contributed by atoms with van der Waals surface area (Å²) in [4.78, 5) is 19.8. The Morgan fingerprint density at radius 1 is 1.00 bits per heavy atom. The largest absolute Gasteiger partial charge is 0.482 e. The van der Waals surface area contributed by atoms with Crippen LogP contribution in [0.4, 0.5) is 0 Å². The maximum Gasteiger partial charge on any atom is 0.257 e. The summed E-state index contributed by atoms with van der Waals surface area (Å²) in [5.74, 6) is 1.12. The zero-order chi connectivity index (χ0) is 20.1. The first-order valence-corrected chi connectivity index (χ1v) is 9.75. The van der Waals surface area contributed by atoms with Crippen LogP contribution in [-0.4, -0.2) is 29.0 Å². The molecule has 0 aliphatic heterocycles. The molecule has 0 saturated carbocycles. The molecule has 3 aromatic carbocycles. The number of hydrogen-bond acceptors (Lipinski definition) is 3. The first kappa shape index (κ1) is 19.0. The van der Waals surface area contributed by atoms with E-state index in [2.05, 4.69) is 15.3 Å². The number of nitrogens with one attached hydrogen (secondary N) is 2. The molecule has 0 radical (unpaired) electrons. The number of aromatic nitrogens is 2. The summed E-state index contributed by atoms with van der Waals surface area (Å²) < 4.78 is 5.57. The lowest BCUT2D eigenvalue weighted by atomic mass is 10.1. The molecule has 0 spiro atoms. The summed E-state index contributed by atoms with van der Waals surface area (Å²) in [5, 5.41) is 3.31. The molecule has 1 heterocycles. The molecule has 0 saturated heterocycles. The number of nitrogens with zero attached hydrogens (tertiary/aromatic N) is 1. The van der Waals surface area contributed by atoms with Crippen LogP contribution in [0.5, 0.6) is 5.75 Å². The Morgan fingerprint density at radius 2 is 1.79 bits per heavy atom. The van der Waals surface area contributed by atoms with Crippen molar-refractivity contribution in [2.75, 3.05) is 13.2 Å². The maximum atomic E-state index is 12.1. The minimum absolute atomic E-state index is 0.0927.